The summed E-state index contributed by atoms with van der Waals surface area (Å²) in [6, 6.07) is 24.4. The van der Waals surface area contributed by atoms with Crippen LogP contribution in [0, 0.1) is 13.8 Å². The van der Waals surface area contributed by atoms with Crippen LogP contribution in [0.1, 0.15) is 22.3 Å². The Morgan fingerprint density at radius 2 is 1.39 bits per heavy atom. The molecule has 0 radical (unpaired) electrons. The molecule has 0 aliphatic heterocycles. The summed E-state index contributed by atoms with van der Waals surface area (Å²) >= 11 is 19.5. The molecule has 0 unspecified atom stereocenters. The van der Waals surface area contributed by atoms with Gasteiger partial charge in [-0.3, -0.25) is 13.9 Å². The number of likely N-dealkylation sites (N-methyl/N-ethyl adjacent to an activating group) is 1. The number of aryl methyl sites for hydroxylation is 1. The maximum absolute atomic E-state index is 14.5. The van der Waals surface area contributed by atoms with Crippen molar-refractivity contribution in [2.24, 2.45) is 0 Å². The van der Waals surface area contributed by atoms with Gasteiger partial charge in [0.2, 0.25) is 11.8 Å². The summed E-state index contributed by atoms with van der Waals surface area (Å²) in [4.78, 5) is 29.2. The van der Waals surface area contributed by atoms with Crippen LogP contribution in [0.5, 0.6) is 0 Å². The number of anilines is 1. The molecule has 0 fully saturated rings. The van der Waals surface area contributed by atoms with E-state index in [0.717, 1.165) is 15.4 Å². The average molecular weight is 673 g/mol. The van der Waals surface area contributed by atoms with E-state index in [1.165, 1.54) is 24.1 Å². The summed E-state index contributed by atoms with van der Waals surface area (Å²) in [5.74, 6) is -1.07. The van der Waals surface area contributed by atoms with Crippen molar-refractivity contribution in [2.45, 2.75) is 37.8 Å². The highest BCUT2D eigenvalue weighted by molar-refractivity contribution is 7.92. The Morgan fingerprint density at radius 1 is 0.795 bits per heavy atom. The van der Waals surface area contributed by atoms with Crippen LogP contribution in [0.15, 0.2) is 95.9 Å². The number of carbonyl (C=O) groups is 2. The number of nitrogens with one attached hydrogen (secondary N) is 1. The third kappa shape index (κ3) is 7.56. The van der Waals surface area contributed by atoms with Gasteiger partial charge in [0.15, 0.2) is 0 Å². The molecule has 11 heteroatoms. The molecule has 1 atom stereocenters. The lowest BCUT2D eigenvalue weighted by Gasteiger charge is -2.34. The lowest BCUT2D eigenvalue weighted by Crippen LogP contribution is -2.53. The maximum atomic E-state index is 14.5. The first-order valence-corrected chi connectivity index (χ1v) is 16.3. The fourth-order valence-electron chi connectivity index (χ4n) is 4.79. The molecule has 0 bridgehead atoms. The Balaban J connectivity index is 1.85. The van der Waals surface area contributed by atoms with Crippen molar-refractivity contribution in [1.82, 2.24) is 10.2 Å². The largest absolute Gasteiger partial charge is 0.357 e. The van der Waals surface area contributed by atoms with Crippen molar-refractivity contribution in [3.63, 3.8) is 0 Å². The summed E-state index contributed by atoms with van der Waals surface area (Å²) < 4.78 is 29.4. The smallest absolute Gasteiger partial charge is 0.264 e. The molecule has 0 saturated heterocycles. The summed E-state index contributed by atoms with van der Waals surface area (Å²) in [7, 11) is -2.78. The lowest BCUT2D eigenvalue weighted by molar-refractivity contribution is -0.139. The number of nitrogens with zero attached hydrogens (tertiary/aromatic N) is 2. The van der Waals surface area contributed by atoms with Crippen LogP contribution in [-0.4, -0.2) is 44.8 Å². The zero-order valence-corrected chi connectivity index (χ0v) is 27.5. The fourth-order valence-corrected chi connectivity index (χ4v) is 6.95. The van der Waals surface area contributed by atoms with Crippen LogP contribution in [-0.2, 0) is 32.6 Å². The second-order valence-corrected chi connectivity index (χ2v) is 13.3. The Morgan fingerprint density at radius 3 is 2.00 bits per heavy atom. The minimum Gasteiger partial charge on any atom is -0.357 e. The molecular weight excluding hydrogens is 641 g/mol. The molecule has 0 aliphatic rings. The van der Waals surface area contributed by atoms with Gasteiger partial charge in [0, 0.05) is 40.6 Å². The molecule has 7 nitrogen and oxygen atoms in total. The highest BCUT2D eigenvalue weighted by Crippen LogP contribution is 2.32. The predicted molar refractivity (Wildman–Crippen MR) is 177 cm³/mol. The van der Waals surface area contributed by atoms with E-state index in [9.17, 15) is 18.0 Å². The van der Waals surface area contributed by atoms with Gasteiger partial charge in [-0.25, -0.2) is 8.42 Å². The third-order valence-electron chi connectivity index (χ3n) is 7.30. The fraction of sp³-hybridized carbons (Fsp3) is 0.212. The molecule has 0 heterocycles. The second-order valence-electron chi connectivity index (χ2n) is 10.3. The Kier molecular flexibility index (Phi) is 11.0. The van der Waals surface area contributed by atoms with Crippen LogP contribution in [0.3, 0.4) is 0 Å². The molecule has 230 valence electrons. The van der Waals surface area contributed by atoms with E-state index in [-0.39, 0.29) is 23.5 Å². The molecule has 0 saturated carbocycles. The normalized spacial score (nSPS) is 12.0. The van der Waals surface area contributed by atoms with Gasteiger partial charge >= 0.3 is 0 Å². The van der Waals surface area contributed by atoms with Crippen LogP contribution in [0.4, 0.5) is 5.69 Å². The zero-order chi connectivity index (χ0) is 32.0. The lowest BCUT2D eigenvalue weighted by atomic mass is 10.0. The topological polar surface area (TPSA) is 86.8 Å². The van der Waals surface area contributed by atoms with Crippen LogP contribution >= 0.6 is 34.8 Å². The molecule has 2 amide bonds. The highest BCUT2D eigenvalue weighted by Gasteiger charge is 2.35. The first-order chi connectivity index (χ1) is 20.9. The minimum absolute atomic E-state index is 0.00288. The molecule has 1 N–H and O–H groups in total. The Hall–Kier alpha value is -3.56. The van der Waals surface area contributed by atoms with E-state index in [1.54, 1.807) is 55.5 Å². The van der Waals surface area contributed by atoms with E-state index < -0.39 is 34.4 Å². The van der Waals surface area contributed by atoms with Gasteiger partial charge in [0.1, 0.15) is 12.6 Å². The summed E-state index contributed by atoms with van der Waals surface area (Å²) in [6.45, 7) is 2.77. The van der Waals surface area contributed by atoms with Gasteiger partial charge < -0.3 is 10.2 Å². The van der Waals surface area contributed by atoms with Crippen molar-refractivity contribution in [3.8, 4) is 0 Å². The average Bonchev–Trinajstić information content (AvgIpc) is 3.00. The number of halogens is 3. The quantitative estimate of drug-likeness (QED) is 0.189. The first-order valence-electron chi connectivity index (χ1n) is 13.8. The van der Waals surface area contributed by atoms with Gasteiger partial charge in [-0.2, -0.15) is 0 Å². The van der Waals surface area contributed by atoms with Crippen LogP contribution in [0.25, 0.3) is 0 Å². The van der Waals surface area contributed by atoms with Gasteiger partial charge in [0.25, 0.3) is 10.0 Å². The summed E-state index contributed by atoms with van der Waals surface area (Å²) in [5.41, 5.74) is 2.83. The maximum Gasteiger partial charge on any atom is 0.264 e. The van der Waals surface area contributed by atoms with E-state index >= 15 is 0 Å². The van der Waals surface area contributed by atoms with Crippen molar-refractivity contribution in [2.75, 3.05) is 17.9 Å². The van der Waals surface area contributed by atoms with E-state index in [1.807, 2.05) is 37.3 Å². The summed E-state index contributed by atoms with van der Waals surface area (Å²) in [6.07, 6.45) is 0.162. The van der Waals surface area contributed by atoms with Crippen LogP contribution in [0.2, 0.25) is 15.1 Å². The number of rotatable bonds is 11. The second kappa shape index (κ2) is 14.5. The molecule has 4 aromatic carbocycles. The molecule has 44 heavy (non-hydrogen) atoms. The van der Waals surface area contributed by atoms with E-state index in [2.05, 4.69) is 5.32 Å². The van der Waals surface area contributed by atoms with Crippen molar-refractivity contribution in [3.05, 3.63) is 128 Å². The zero-order valence-electron chi connectivity index (χ0n) is 24.4. The van der Waals surface area contributed by atoms with Crippen LogP contribution < -0.4 is 9.62 Å². The molecule has 4 rings (SSSR count). The standard InChI is InChI=1S/C33H32Cl3N3O4S/c1-22-15-17-25(18-16-22)44(42,43)39(30-14-8-11-27(34)23(30)2)21-32(40)38(20-26-28(35)12-7-13-29(26)36)31(33(41)37-3)19-24-9-5-4-6-10-24/h4-18,31H,19-21H2,1-3H3,(H,37,41)/t31-/m1/s1. The Bertz CT molecular complexity index is 1730. The Labute approximate surface area is 273 Å². The predicted octanol–water partition coefficient (Wildman–Crippen LogP) is 6.85. The number of hydrogen-bond donors (Lipinski definition) is 1. The number of hydrogen-bond acceptors (Lipinski definition) is 4. The first kappa shape index (κ1) is 33.3. The van der Waals surface area contributed by atoms with E-state index in [0.29, 0.717) is 26.2 Å². The van der Waals surface area contributed by atoms with Gasteiger partial charge in [-0.05, 0) is 61.4 Å². The van der Waals surface area contributed by atoms with Crippen molar-refractivity contribution in [1.29, 1.82) is 0 Å². The van der Waals surface area contributed by atoms with E-state index in [4.69, 9.17) is 34.8 Å². The number of amides is 2. The van der Waals surface area contributed by atoms with Gasteiger partial charge in [0.05, 0.1) is 10.6 Å². The molecule has 0 spiro atoms. The number of sulfonamides is 1. The molecule has 0 aromatic heterocycles. The monoisotopic (exact) mass is 671 g/mol. The SMILES string of the molecule is CNC(=O)[C@@H](Cc1ccccc1)N(Cc1c(Cl)cccc1Cl)C(=O)CN(c1cccc(Cl)c1C)S(=O)(=O)c1ccc(C)cc1. The molecule has 0 aliphatic carbocycles. The third-order valence-corrected chi connectivity index (χ3v) is 10.2. The number of benzene rings is 4. The van der Waals surface area contributed by atoms with Crippen molar-refractivity contribution >= 4 is 62.3 Å². The van der Waals surface area contributed by atoms with Crippen molar-refractivity contribution < 1.29 is 18.0 Å². The molecular formula is C33H32Cl3N3O4S. The number of carbonyl (C=O) groups excluding carboxylic acids is 2. The van der Waals surface area contributed by atoms with Gasteiger partial charge in [-0.1, -0.05) is 95.0 Å². The summed E-state index contributed by atoms with van der Waals surface area (Å²) in [5, 5.41) is 3.60. The van der Waals surface area contributed by atoms with Gasteiger partial charge in [-0.15, -0.1) is 0 Å². The minimum atomic E-state index is -4.26. The molecule has 4 aromatic rings. The highest BCUT2D eigenvalue weighted by atomic mass is 35.5.